The van der Waals surface area contributed by atoms with Crippen LogP contribution in [-0.4, -0.2) is 17.7 Å². The fourth-order valence-corrected chi connectivity index (χ4v) is 1.20. The van der Waals surface area contributed by atoms with Gasteiger partial charge in [-0.3, -0.25) is 4.79 Å². The molecule has 0 radical (unpaired) electrons. The van der Waals surface area contributed by atoms with Gasteiger partial charge in [-0.25, -0.2) is 4.39 Å². The topological polar surface area (TPSA) is 46.5 Å². The lowest BCUT2D eigenvalue weighted by atomic mass is 10.0. The number of carboxylic acid groups (broad SMARTS) is 1. The number of hydrogen-bond acceptors (Lipinski definition) is 2. The van der Waals surface area contributed by atoms with Crippen LogP contribution in [0.3, 0.4) is 0 Å². The van der Waals surface area contributed by atoms with Gasteiger partial charge < -0.3 is 9.84 Å². The number of carbonyl (C=O) groups is 1. The van der Waals surface area contributed by atoms with Crippen LogP contribution in [0.1, 0.15) is 25.3 Å². The Morgan fingerprint density at radius 2 is 2.27 bits per heavy atom. The van der Waals surface area contributed by atoms with Crippen molar-refractivity contribution < 1.29 is 19.0 Å². The Morgan fingerprint density at radius 1 is 1.60 bits per heavy atom. The molecule has 4 heteroatoms. The fraction of sp³-hybridized carbons (Fsp3) is 0.364. The molecular formula is C11H13FO3. The number of carboxylic acids is 1. The first kappa shape index (κ1) is 11.5. The van der Waals surface area contributed by atoms with E-state index < -0.39 is 17.7 Å². The van der Waals surface area contributed by atoms with Crippen molar-refractivity contribution in [3.63, 3.8) is 0 Å². The van der Waals surface area contributed by atoms with Gasteiger partial charge in [0.25, 0.3) is 0 Å². The number of rotatable bonds is 4. The zero-order chi connectivity index (χ0) is 11.4. The molecule has 0 heterocycles. The van der Waals surface area contributed by atoms with E-state index in [0.717, 1.165) is 0 Å². The molecule has 1 atom stereocenters. The monoisotopic (exact) mass is 212 g/mol. The van der Waals surface area contributed by atoms with E-state index in [2.05, 4.69) is 0 Å². The van der Waals surface area contributed by atoms with E-state index in [9.17, 15) is 9.18 Å². The molecule has 0 aromatic heterocycles. The highest BCUT2D eigenvalue weighted by atomic mass is 19.1. The molecular weight excluding hydrogens is 199 g/mol. The average Bonchev–Trinajstić information content (AvgIpc) is 2.20. The van der Waals surface area contributed by atoms with E-state index in [1.165, 1.54) is 19.1 Å². The number of hydrogen-bond donors (Lipinski definition) is 1. The standard InChI is InChI=1S/C11H13FO3/c1-3-15-10-5-4-8(6-9(10)12)7(2)11(13)14/h4-7H,3H2,1-2H3,(H,13,14). The molecule has 0 amide bonds. The number of benzene rings is 1. The molecule has 0 fully saturated rings. The molecule has 1 N–H and O–H groups in total. The highest BCUT2D eigenvalue weighted by molar-refractivity contribution is 5.75. The SMILES string of the molecule is CCOc1ccc(C(C)C(=O)O)cc1F. The average molecular weight is 212 g/mol. The Morgan fingerprint density at radius 3 is 2.73 bits per heavy atom. The molecule has 15 heavy (non-hydrogen) atoms. The minimum Gasteiger partial charge on any atom is -0.491 e. The summed E-state index contributed by atoms with van der Waals surface area (Å²) >= 11 is 0. The summed E-state index contributed by atoms with van der Waals surface area (Å²) in [7, 11) is 0. The first-order valence-electron chi connectivity index (χ1n) is 4.71. The van der Waals surface area contributed by atoms with Crippen molar-refractivity contribution >= 4 is 5.97 Å². The zero-order valence-electron chi connectivity index (χ0n) is 8.66. The molecule has 82 valence electrons. The summed E-state index contributed by atoms with van der Waals surface area (Å²) in [4.78, 5) is 10.7. The van der Waals surface area contributed by atoms with Gasteiger partial charge in [-0.2, -0.15) is 0 Å². The second kappa shape index (κ2) is 4.77. The molecule has 1 aromatic rings. The van der Waals surface area contributed by atoms with Crippen molar-refractivity contribution in [1.29, 1.82) is 0 Å². The van der Waals surface area contributed by atoms with Gasteiger partial charge in [0.2, 0.25) is 0 Å². The lowest BCUT2D eigenvalue weighted by Crippen LogP contribution is -2.08. The van der Waals surface area contributed by atoms with Crippen LogP contribution in [0.2, 0.25) is 0 Å². The maximum Gasteiger partial charge on any atom is 0.310 e. The van der Waals surface area contributed by atoms with Crippen LogP contribution in [0.4, 0.5) is 4.39 Å². The number of halogens is 1. The molecule has 1 aromatic carbocycles. The predicted molar refractivity (Wildman–Crippen MR) is 53.6 cm³/mol. The summed E-state index contributed by atoms with van der Waals surface area (Å²) in [5, 5.41) is 8.75. The first-order valence-corrected chi connectivity index (χ1v) is 4.71. The molecule has 1 unspecified atom stereocenters. The third-order valence-corrected chi connectivity index (χ3v) is 2.13. The molecule has 0 aliphatic heterocycles. The third kappa shape index (κ3) is 2.68. The minimum atomic E-state index is -0.974. The van der Waals surface area contributed by atoms with Gasteiger partial charge in [0, 0.05) is 0 Å². The molecule has 0 saturated carbocycles. The lowest BCUT2D eigenvalue weighted by molar-refractivity contribution is -0.138. The highest BCUT2D eigenvalue weighted by Crippen LogP contribution is 2.23. The van der Waals surface area contributed by atoms with Gasteiger partial charge in [0.05, 0.1) is 12.5 Å². The molecule has 0 aliphatic carbocycles. The van der Waals surface area contributed by atoms with Crippen molar-refractivity contribution in [3.05, 3.63) is 29.6 Å². The van der Waals surface area contributed by atoms with Gasteiger partial charge >= 0.3 is 5.97 Å². The second-order valence-electron chi connectivity index (χ2n) is 3.18. The number of ether oxygens (including phenoxy) is 1. The molecule has 0 bridgehead atoms. The maximum atomic E-state index is 13.3. The molecule has 1 rings (SSSR count). The Kier molecular flexibility index (Phi) is 3.66. The van der Waals surface area contributed by atoms with Gasteiger partial charge in [0.15, 0.2) is 11.6 Å². The van der Waals surface area contributed by atoms with E-state index in [1.54, 1.807) is 13.0 Å². The smallest absolute Gasteiger partial charge is 0.310 e. The summed E-state index contributed by atoms with van der Waals surface area (Å²) in [6.45, 7) is 3.65. The second-order valence-corrected chi connectivity index (χ2v) is 3.18. The van der Waals surface area contributed by atoms with Gasteiger partial charge in [0.1, 0.15) is 0 Å². The summed E-state index contributed by atoms with van der Waals surface area (Å²) in [5.74, 6) is -2.06. The van der Waals surface area contributed by atoms with Crippen molar-refractivity contribution in [2.24, 2.45) is 0 Å². The minimum absolute atomic E-state index is 0.152. The van der Waals surface area contributed by atoms with Crippen LogP contribution in [0.5, 0.6) is 5.75 Å². The van der Waals surface area contributed by atoms with Crippen molar-refractivity contribution in [3.8, 4) is 5.75 Å². The Hall–Kier alpha value is -1.58. The van der Waals surface area contributed by atoms with Crippen LogP contribution < -0.4 is 4.74 Å². The van der Waals surface area contributed by atoms with Crippen LogP contribution in [0.25, 0.3) is 0 Å². The largest absolute Gasteiger partial charge is 0.491 e. The molecule has 0 saturated heterocycles. The summed E-state index contributed by atoms with van der Waals surface area (Å²) in [6.07, 6.45) is 0. The molecule has 0 spiro atoms. The Labute approximate surface area is 87.5 Å². The molecule has 3 nitrogen and oxygen atoms in total. The summed E-state index contributed by atoms with van der Waals surface area (Å²) < 4.78 is 18.4. The quantitative estimate of drug-likeness (QED) is 0.833. The highest BCUT2D eigenvalue weighted by Gasteiger charge is 2.15. The summed E-state index contributed by atoms with van der Waals surface area (Å²) in [6, 6.07) is 4.21. The van der Waals surface area contributed by atoms with E-state index >= 15 is 0 Å². The Balaban J connectivity index is 2.95. The Bertz CT molecular complexity index is 363. The zero-order valence-corrected chi connectivity index (χ0v) is 8.66. The van der Waals surface area contributed by atoms with E-state index in [1.807, 2.05) is 0 Å². The summed E-state index contributed by atoms with van der Waals surface area (Å²) in [5.41, 5.74) is 0.434. The number of aliphatic carboxylic acids is 1. The normalized spacial score (nSPS) is 12.2. The first-order chi connectivity index (χ1) is 7.06. The lowest BCUT2D eigenvalue weighted by Gasteiger charge is -2.09. The van der Waals surface area contributed by atoms with E-state index in [4.69, 9.17) is 9.84 Å². The van der Waals surface area contributed by atoms with Gasteiger partial charge in [-0.1, -0.05) is 6.07 Å². The maximum absolute atomic E-state index is 13.3. The van der Waals surface area contributed by atoms with Crippen LogP contribution in [-0.2, 0) is 4.79 Å². The molecule has 0 aliphatic rings. The third-order valence-electron chi connectivity index (χ3n) is 2.13. The van der Waals surface area contributed by atoms with E-state index in [0.29, 0.717) is 12.2 Å². The van der Waals surface area contributed by atoms with Crippen molar-refractivity contribution in [2.75, 3.05) is 6.61 Å². The fourth-order valence-electron chi connectivity index (χ4n) is 1.20. The van der Waals surface area contributed by atoms with Gasteiger partial charge in [-0.15, -0.1) is 0 Å². The predicted octanol–water partition coefficient (Wildman–Crippen LogP) is 2.41. The van der Waals surface area contributed by atoms with Crippen LogP contribution in [0.15, 0.2) is 18.2 Å². The van der Waals surface area contributed by atoms with E-state index in [-0.39, 0.29) is 5.75 Å². The van der Waals surface area contributed by atoms with Gasteiger partial charge in [-0.05, 0) is 31.5 Å². The van der Waals surface area contributed by atoms with Crippen molar-refractivity contribution in [2.45, 2.75) is 19.8 Å². The van der Waals surface area contributed by atoms with Crippen LogP contribution in [0, 0.1) is 5.82 Å². The van der Waals surface area contributed by atoms with Crippen LogP contribution >= 0.6 is 0 Å². The van der Waals surface area contributed by atoms with Crippen molar-refractivity contribution in [1.82, 2.24) is 0 Å².